The topological polar surface area (TPSA) is 205 Å². The van der Waals surface area contributed by atoms with Crippen LogP contribution in [0.4, 0.5) is 18.9 Å². The number of aliphatic hydroxyl groups excluding tert-OH is 1. The number of nitrogens with one attached hydrogen (secondary N) is 2. The molecule has 5 atom stereocenters. The first-order valence-corrected chi connectivity index (χ1v) is 11.3. The number of imide groups is 1. The molecule has 13 nitrogen and oxygen atoms in total. The molecule has 4 unspecified atom stereocenters. The molecule has 1 aromatic rings. The van der Waals surface area contributed by atoms with Gasteiger partial charge in [0.25, 0.3) is 5.91 Å². The molecule has 0 aromatic heterocycles. The highest BCUT2D eigenvalue weighted by Crippen LogP contribution is 2.40. The van der Waals surface area contributed by atoms with Gasteiger partial charge in [-0.05, 0) is 18.2 Å². The molecule has 4 aliphatic heterocycles. The Hall–Kier alpha value is -4.08. The number of anilines is 1. The highest BCUT2D eigenvalue weighted by molar-refractivity contribution is 6.02. The molecule has 0 aliphatic carbocycles. The molecule has 16 heteroatoms. The molecule has 4 aliphatic rings. The van der Waals surface area contributed by atoms with Gasteiger partial charge in [-0.3, -0.25) is 19.3 Å². The minimum absolute atomic E-state index is 0.0524. The van der Waals surface area contributed by atoms with Crippen molar-refractivity contribution in [3.05, 3.63) is 29.3 Å². The summed E-state index contributed by atoms with van der Waals surface area (Å²) < 4.78 is 39.8. The number of rotatable bonds is 4. The van der Waals surface area contributed by atoms with E-state index in [2.05, 4.69) is 20.6 Å². The normalized spacial score (nSPS) is 31.0. The molecule has 37 heavy (non-hydrogen) atoms. The number of hydrogen-bond donors (Lipinski definition) is 6. The lowest BCUT2D eigenvalue weighted by Gasteiger charge is -2.46. The zero-order valence-electron chi connectivity index (χ0n) is 19.2. The van der Waals surface area contributed by atoms with Gasteiger partial charge in [0.2, 0.25) is 11.8 Å². The molecule has 1 spiro atoms. The van der Waals surface area contributed by atoms with Gasteiger partial charge in [0.1, 0.15) is 12.1 Å². The lowest BCUT2D eigenvalue weighted by molar-refractivity contribution is -0.139. The van der Waals surface area contributed by atoms with E-state index in [1.807, 2.05) is 0 Å². The van der Waals surface area contributed by atoms with E-state index < -0.39 is 53.2 Å². The van der Waals surface area contributed by atoms with Crippen molar-refractivity contribution in [2.75, 3.05) is 18.8 Å². The Bertz CT molecular complexity index is 1240. The molecule has 2 saturated heterocycles. The third-order valence-electron chi connectivity index (χ3n) is 7.12. The summed E-state index contributed by atoms with van der Waals surface area (Å²) in [5.41, 5.74) is 14.1. The van der Waals surface area contributed by atoms with E-state index in [9.17, 15) is 32.7 Å². The average molecular weight is 523 g/mol. The Morgan fingerprint density at radius 2 is 1.86 bits per heavy atom. The van der Waals surface area contributed by atoms with Crippen LogP contribution in [0.15, 0.2) is 28.2 Å². The number of nitrogens with zero attached hydrogens (tertiary/aromatic N) is 4. The van der Waals surface area contributed by atoms with Crippen LogP contribution >= 0.6 is 0 Å². The summed E-state index contributed by atoms with van der Waals surface area (Å²) in [7, 11) is 0. The molecule has 5 rings (SSSR count). The standard InChI is InChI=1S/C21H24F3N9O4/c22-21(23,24)9-5-8(1-2-10(9)25)17(37)28-12-7-33-19(27)29-11(6-32-13(34)3-4-14(32)35)15-20(33,16(12)36)31-18(26)30-15/h1-2,5,11-12,15-16,36H,3-4,6-7,25H2,(H2,27,29)(H,28,37)(H3,26,30,31)/t11?,12?,15?,16-,20?/m1/s1. The first-order chi connectivity index (χ1) is 17.3. The van der Waals surface area contributed by atoms with E-state index in [4.69, 9.17) is 17.2 Å². The van der Waals surface area contributed by atoms with E-state index in [0.717, 1.165) is 17.0 Å². The minimum atomic E-state index is -4.76. The van der Waals surface area contributed by atoms with Crippen LogP contribution in [0.1, 0.15) is 28.8 Å². The molecule has 1 aromatic carbocycles. The number of nitrogen functional groups attached to an aromatic ring is 1. The first kappa shape index (κ1) is 24.6. The lowest BCUT2D eigenvalue weighted by atomic mass is 9.87. The second-order valence-corrected chi connectivity index (χ2v) is 9.30. The maximum Gasteiger partial charge on any atom is 0.418 e. The summed E-state index contributed by atoms with van der Waals surface area (Å²) >= 11 is 0. The zero-order valence-corrected chi connectivity index (χ0v) is 19.2. The van der Waals surface area contributed by atoms with Crippen molar-refractivity contribution < 1.29 is 32.7 Å². The molecule has 9 N–H and O–H groups in total. The van der Waals surface area contributed by atoms with Crippen molar-refractivity contribution in [1.29, 1.82) is 0 Å². The van der Waals surface area contributed by atoms with Crippen molar-refractivity contribution >= 4 is 35.3 Å². The summed E-state index contributed by atoms with van der Waals surface area (Å²) in [4.78, 5) is 48.5. The van der Waals surface area contributed by atoms with Crippen LogP contribution in [-0.4, -0.2) is 87.5 Å². The fourth-order valence-electron chi connectivity index (χ4n) is 5.40. The molecule has 0 radical (unpaired) electrons. The number of guanidine groups is 2. The van der Waals surface area contributed by atoms with E-state index in [0.29, 0.717) is 6.07 Å². The molecule has 4 heterocycles. The van der Waals surface area contributed by atoms with Gasteiger partial charge in [-0.15, -0.1) is 0 Å². The first-order valence-electron chi connectivity index (χ1n) is 11.3. The van der Waals surface area contributed by atoms with Crippen molar-refractivity contribution in [3.63, 3.8) is 0 Å². The number of halogens is 3. The van der Waals surface area contributed by atoms with Gasteiger partial charge in [0.15, 0.2) is 17.6 Å². The maximum atomic E-state index is 13.3. The number of alkyl halides is 3. The number of carbonyl (C=O) groups excluding carboxylic acids is 3. The van der Waals surface area contributed by atoms with Crippen LogP contribution in [0, 0.1) is 0 Å². The summed E-state index contributed by atoms with van der Waals surface area (Å²) in [6.07, 6.45) is -6.02. The van der Waals surface area contributed by atoms with Gasteiger partial charge in [0.05, 0.1) is 24.2 Å². The monoisotopic (exact) mass is 523 g/mol. The van der Waals surface area contributed by atoms with Crippen molar-refractivity contribution in [1.82, 2.24) is 20.4 Å². The van der Waals surface area contributed by atoms with Crippen LogP contribution in [0.25, 0.3) is 0 Å². The van der Waals surface area contributed by atoms with Crippen LogP contribution in [0.2, 0.25) is 0 Å². The number of benzene rings is 1. The predicted molar refractivity (Wildman–Crippen MR) is 122 cm³/mol. The number of hydrogen-bond acceptors (Lipinski definition) is 11. The largest absolute Gasteiger partial charge is 0.418 e. The van der Waals surface area contributed by atoms with Crippen molar-refractivity contribution in [2.24, 2.45) is 21.5 Å². The number of aliphatic hydroxyl groups is 1. The Labute approximate surface area is 207 Å². The van der Waals surface area contributed by atoms with Crippen LogP contribution in [0.5, 0.6) is 0 Å². The van der Waals surface area contributed by atoms with E-state index >= 15 is 0 Å². The maximum absolute atomic E-state index is 13.3. The van der Waals surface area contributed by atoms with E-state index in [1.54, 1.807) is 0 Å². The third-order valence-corrected chi connectivity index (χ3v) is 7.12. The molecular weight excluding hydrogens is 499 g/mol. The van der Waals surface area contributed by atoms with Crippen LogP contribution in [0.3, 0.4) is 0 Å². The fraction of sp³-hybridized carbons (Fsp3) is 0.476. The average Bonchev–Trinajstić information content (AvgIpc) is 3.43. The molecule has 3 amide bonds. The lowest BCUT2D eigenvalue weighted by Crippen LogP contribution is -2.73. The van der Waals surface area contributed by atoms with E-state index in [-0.39, 0.29) is 55.2 Å². The molecule has 198 valence electrons. The second kappa shape index (κ2) is 8.22. The highest BCUT2D eigenvalue weighted by atomic mass is 19.4. The minimum Gasteiger partial charge on any atom is -0.398 e. The zero-order chi connectivity index (χ0) is 26.9. The van der Waals surface area contributed by atoms with Crippen LogP contribution < -0.4 is 27.8 Å². The SMILES string of the molecule is NC1=NC2C(CN3C(=O)CCC3=O)N=C(N)N3CC(NC(=O)c4ccc(N)c(C(F)(F)F)c4)[C@@H](O)C23N1. The summed E-state index contributed by atoms with van der Waals surface area (Å²) in [5.74, 6) is -1.72. The molecule has 0 saturated carbocycles. The number of nitrogens with two attached hydrogens (primary N) is 3. The molecule has 0 bridgehead atoms. The van der Waals surface area contributed by atoms with E-state index in [1.165, 1.54) is 4.90 Å². The van der Waals surface area contributed by atoms with Gasteiger partial charge in [-0.25, -0.2) is 9.98 Å². The number of carbonyl (C=O) groups is 3. The Morgan fingerprint density at radius 1 is 1.19 bits per heavy atom. The van der Waals surface area contributed by atoms with Gasteiger partial charge in [-0.2, -0.15) is 13.2 Å². The Kier molecular flexibility index (Phi) is 5.47. The quantitative estimate of drug-likeness (QED) is 0.188. The Morgan fingerprint density at radius 3 is 2.51 bits per heavy atom. The number of aliphatic imine (C=N–C) groups is 2. The summed E-state index contributed by atoms with van der Waals surface area (Å²) in [5, 5.41) is 16.8. The van der Waals surface area contributed by atoms with Crippen molar-refractivity contribution in [2.45, 2.75) is 48.9 Å². The van der Waals surface area contributed by atoms with Crippen LogP contribution in [-0.2, 0) is 15.8 Å². The van der Waals surface area contributed by atoms with Gasteiger partial charge < -0.3 is 37.8 Å². The summed E-state index contributed by atoms with van der Waals surface area (Å²) in [6.45, 7) is -0.212. The van der Waals surface area contributed by atoms with Gasteiger partial charge in [-0.1, -0.05) is 0 Å². The van der Waals surface area contributed by atoms with Crippen molar-refractivity contribution in [3.8, 4) is 0 Å². The predicted octanol–water partition coefficient (Wildman–Crippen LogP) is -2.11. The Balaban J connectivity index is 1.41. The number of amides is 3. The smallest absolute Gasteiger partial charge is 0.398 e. The van der Waals surface area contributed by atoms with Gasteiger partial charge in [0, 0.05) is 30.6 Å². The number of likely N-dealkylation sites (tertiary alicyclic amines) is 1. The highest BCUT2D eigenvalue weighted by Gasteiger charge is 2.65. The summed E-state index contributed by atoms with van der Waals surface area (Å²) in [6, 6.07) is -0.0221. The fourth-order valence-corrected chi connectivity index (χ4v) is 5.40. The second-order valence-electron chi connectivity index (χ2n) is 9.30. The van der Waals surface area contributed by atoms with Gasteiger partial charge >= 0.3 is 6.18 Å². The molecular formula is C21H24F3N9O4. The molecule has 2 fully saturated rings. The third kappa shape index (κ3) is 3.78.